The first-order valence-corrected chi connectivity index (χ1v) is 6.99. The van der Waals surface area contributed by atoms with E-state index in [0.29, 0.717) is 28.2 Å². The predicted octanol–water partition coefficient (Wildman–Crippen LogP) is 1.70. The SMILES string of the molecule is Cc1cc2ncc(C(=O)Nc3cccc(C(N)=O)c3)c(C)n2n1. The molecule has 0 spiro atoms. The number of hydrogen-bond donors (Lipinski definition) is 2. The van der Waals surface area contributed by atoms with Crippen LogP contribution >= 0.6 is 0 Å². The molecule has 0 unspecified atom stereocenters. The molecule has 0 saturated heterocycles. The molecule has 0 fully saturated rings. The fourth-order valence-electron chi connectivity index (χ4n) is 2.33. The van der Waals surface area contributed by atoms with Gasteiger partial charge in [0.1, 0.15) is 0 Å². The van der Waals surface area contributed by atoms with Crippen LogP contribution in [0.1, 0.15) is 32.1 Å². The number of nitrogens with two attached hydrogens (primary N) is 1. The van der Waals surface area contributed by atoms with E-state index in [1.54, 1.807) is 29.6 Å². The van der Waals surface area contributed by atoms with Crippen LogP contribution in [0.5, 0.6) is 0 Å². The molecule has 2 amide bonds. The highest BCUT2D eigenvalue weighted by atomic mass is 16.2. The Morgan fingerprint density at radius 1 is 1.22 bits per heavy atom. The molecule has 116 valence electrons. The summed E-state index contributed by atoms with van der Waals surface area (Å²) in [5.41, 5.74) is 8.67. The maximum Gasteiger partial charge on any atom is 0.259 e. The molecule has 7 nitrogen and oxygen atoms in total. The molecule has 0 atom stereocenters. The van der Waals surface area contributed by atoms with Crippen molar-refractivity contribution in [1.29, 1.82) is 0 Å². The van der Waals surface area contributed by atoms with Crippen molar-refractivity contribution in [3.8, 4) is 0 Å². The van der Waals surface area contributed by atoms with Gasteiger partial charge in [0.15, 0.2) is 5.65 Å². The second kappa shape index (κ2) is 5.53. The topological polar surface area (TPSA) is 102 Å². The van der Waals surface area contributed by atoms with Crippen molar-refractivity contribution in [2.75, 3.05) is 5.32 Å². The Bertz CT molecular complexity index is 929. The van der Waals surface area contributed by atoms with Crippen LogP contribution in [-0.2, 0) is 0 Å². The van der Waals surface area contributed by atoms with Gasteiger partial charge in [-0.3, -0.25) is 9.59 Å². The smallest absolute Gasteiger partial charge is 0.259 e. The molecule has 0 aliphatic carbocycles. The van der Waals surface area contributed by atoms with Gasteiger partial charge >= 0.3 is 0 Å². The van der Waals surface area contributed by atoms with Gasteiger partial charge in [-0.05, 0) is 32.0 Å². The molecular formula is C16H15N5O2. The van der Waals surface area contributed by atoms with Gasteiger partial charge in [0.2, 0.25) is 5.91 Å². The normalized spacial score (nSPS) is 10.7. The van der Waals surface area contributed by atoms with E-state index in [2.05, 4.69) is 15.4 Å². The molecule has 1 aromatic carbocycles. The van der Waals surface area contributed by atoms with Gasteiger partial charge < -0.3 is 11.1 Å². The van der Waals surface area contributed by atoms with E-state index in [1.807, 2.05) is 13.0 Å². The number of rotatable bonds is 3. The zero-order valence-electron chi connectivity index (χ0n) is 12.7. The van der Waals surface area contributed by atoms with Gasteiger partial charge in [-0.15, -0.1) is 0 Å². The van der Waals surface area contributed by atoms with E-state index in [4.69, 9.17) is 5.73 Å². The predicted molar refractivity (Wildman–Crippen MR) is 85.4 cm³/mol. The Morgan fingerprint density at radius 2 is 2.00 bits per heavy atom. The number of amides is 2. The average molecular weight is 309 g/mol. The summed E-state index contributed by atoms with van der Waals surface area (Å²) < 4.78 is 1.63. The summed E-state index contributed by atoms with van der Waals surface area (Å²) in [7, 11) is 0. The minimum Gasteiger partial charge on any atom is -0.366 e. The average Bonchev–Trinajstić information content (AvgIpc) is 2.89. The first-order chi connectivity index (χ1) is 11.0. The molecule has 3 rings (SSSR count). The first kappa shape index (κ1) is 14.7. The van der Waals surface area contributed by atoms with Crippen LogP contribution in [0.15, 0.2) is 36.5 Å². The molecule has 3 aromatic rings. The van der Waals surface area contributed by atoms with Crippen molar-refractivity contribution >= 4 is 23.1 Å². The van der Waals surface area contributed by atoms with Gasteiger partial charge in [-0.25, -0.2) is 9.50 Å². The fourth-order valence-corrected chi connectivity index (χ4v) is 2.33. The molecule has 0 bridgehead atoms. The second-order valence-corrected chi connectivity index (χ2v) is 5.21. The lowest BCUT2D eigenvalue weighted by atomic mass is 10.1. The van der Waals surface area contributed by atoms with E-state index < -0.39 is 5.91 Å². The molecule has 3 N–H and O–H groups in total. The molecule has 0 aliphatic rings. The number of anilines is 1. The Kier molecular flexibility index (Phi) is 3.53. The lowest BCUT2D eigenvalue weighted by Crippen LogP contribution is -2.17. The quantitative estimate of drug-likeness (QED) is 0.768. The summed E-state index contributed by atoms with van der Waals surface area (Å²) in [5, 5.41) is 7.05. The van der Waals surface area contributed by atoms with Gasteiger partial charge in [-0.1, -0.05) is 6.07 Å². The number of aryl methyl sites for hydroxylation is 2. The van der Waals surface area contributed by atoms with Crippen LogP contribution in [0, 0.1) is 13.8 Å². The summed E-state index contributed by atoms with van der Waals surface area (Å²) in [6.07, 6.45) is 1.51. The Balaban J connectivity index is 1.93. The van der Waals surface area contributed by atoms with Crippen LogP contribution in [-0.4, -0.2) is 26.4 Å². The molecule has 7 heteroatoms. The standard InChI is InChI=1S/C16H15N5O2/c1-9-6-14-18-8-13(10(2)21(14)20-9)16(23)19-12-5-3-4-11(7-12)15(17)22/h3-8H,1-2H3,(H2,17,22)(H,19,23). The highest BCUT2D eigenvalue weighted by Crippen LogP contribution is 2.15. The second-order valence-electron chi connectivity index (χ2n) is 5.21. The number of primary amides is 1. The summed E-state index contributed by atoms with van der Waals surface area (Å²) in [6, 6.07) is 8.29. The lowest BCUT2D eigenvalue weighted by Gasteiger charge is -2.09. The monoisotopic (exact) mass is 309 g/mol. The molecule has 23 heavy (non-hydrogen) atoms. The highest BCUT2D eigenvalue weighted by molar-refractivity contribution is 6.05. The van der Waals surface area contributed by atoms with Crippen molar-refractivity contribution in [2.45, 2.75) is 13.8 Å². The third-order valence-corrected chi connectivity index (χ3v) is 3.50. The Labute approximate surface area is 132 Å². The van der Waals surface area contributed by atoms with E-state index >= 15 is 0 Å². The summed E-state index contributed by atoms with van der Waals surface area (Å²) in [5.74, 6) is -0.876. The van der Waals surface area contributed by atoms with Crippen molar-refractivity contribution < 1.29 is 9.59 Å². The summed E-state index contributed by atoms with van der Waals surface area (Å²) >= 11 is 0. The van der Waals surface area contributed by atoms with Crippen molar-refractivity contribution in [1.82, 2.24) is 14.6 Å². The van der Waals surface area contributed by atoms with Crippen LogP contribution in [0.2, 0.25) is 0 Å². The maximum atomic E-state index is 12.5. The van der Waals surface area contributed by atoms with Crippen molar-refractivity contribution in [2.24, 2.45) is 5.73 Å². The number of fused-ring (bicyclic) bond motifs is 1. The minimum absolute atomic E-state index is 0.327. The number of hydrogen-bond acceptors (Lipinski definition) is 4. The van der Waals surface area contributed by atoms with E-state index in [1.165, 1.54) is 12.3 Å². The zero-order chi connectivity index (χ0) is 16.6. The third-order valence-electron chi connectivity index (χ3n) is 3.50. The number of carbonyl (C=O) groups excluding carboxylic acids is 2. The van der Waals surface area contributed by atoms with E-state index in [0.717, 1.165) is 5.69 Å². The number of nitrogens with one attached hydrogen (secondary N) is 1. The number of nitrogens with zero attached hydrogens (tertiary/aromatic N) is 3. The molecule has 2 aromatic heterocycles. The summed E-state index contributed by atoms with van der Waals surface area (Å²) in [4.78, 5) is 27.9. The molecule has 2 heterocycles. The highest BCUT2D eigenvalue weighted by Gasteiger charge is 2.14. The van der Waals surface area contributed by atoms with Gasteiger partial charge in [0.05, 0.1) is 17.0 Å². The Morgan fingerprint density at radius 3 is 2.74 bits per heavy atom. The van der Waals surface area contributed by atoms with Crippen LogP contribution < -0.4 is 11.1 Å². The number of aromatic nitrogens is 3. The Hall–Kier alpha value is -3.22. The van der Waals surface area contributed by atoms with Gasteiger partial charge in [-0.2, -0.15) is 5.10 Å². The van der Waals surface area contributed by atoms with E-state index in [-0.39, 0.29) is 5.91 Å². The van der Waals surface area contributed by atoms with Crippen LogP contribution in [0.4, 0.5) is 5.69 Å². The number of carbonyl (C=O) groups is 2. The van der Waals surface area contributed by atoms with Gasteiger partial charge in [0, 0.05) is 23.5 Å². The van der Waals surface area contributed by atoms with Gasteiger partial charge in [0.25, 0.3) is 5.91 Å². The van der Waals surface area contributed by atoms with Crippen LogP contribution in [0.25, 0.3) is 5.65 Å². The maximum absolute atomic E-state index is 12.5. The van der Waals surface area contributed by atoms with Crippen LogP contribution in [0.3, 0.4) is 0 Å². The third kappa shape index (κ3) is 2.76. The molecular weight excluding hydrogens is 294 g/mol. The molecule has 0 saturated carbocycles. The van der Waals surface area contributed by atoms with Crippen molar-refractivity contribution in [3.05, 3.63) is 59.0 Å². The van der Waals surface area contributed by atoms with E-state index in [9.17, 15) is 9.59 Å². The molecule has 0 aliphatic heterocycles. The fraction of sp³-hybridized carbons (Fsp3) is 0.125. The lowest BCUT2D eigenvalue weighted by molar-refractivity contribution is 0.0996. The zero-order valence-corrected chi connectivity index (χ0v) is 12.7. The number of benzene rings is 1. The van der Waals surface area contributed by atoms with Crippen molar-refractivity contribution in [3.63, 3.8) is 0 Å². The largest absolute Gasteiger partial charge is 0.366 e. The summed E-state index contributed by atoms with van der Waals surface area (Å²) in [6.45, 7) is 3.67. The molecule has 0 radical (unpaired) electrons. The first-order valence-electron chi connectivity index (χ1n) is 6.99. The minimum atomic E-state index is -0.549.